The van der Waals surface area contributed by atoms with E-state index in [1.807, 2.05) is 6.92 Å². The molecule has 3 nitrogen and oxygen atoms in total. The van der Waals surface area contributed by atoms with Crippen molar-refractivity contribution >= 4 is 5.97 Å². The fourth-order valence-corrected chi connectivity index (χ4v) is 1.38. The van der Waals surface area contributed by atoms with Gasteiger partial charge in [0, 0.05) is 6.04 Å². The van der Waals surface area contributed by atoms with Crippen molar-refractivity contribution in [1.82, 2.24) is 5.32 Å². The number of esters is 1. The first-order chi connectivity index (χ1) is 6.14. The summed E-state index contributed by atoms with van der Waals surface area (Å²) in [5.74, 6) is -0.0738. The van der Waals surface area contributed by atoms with Gasteiger partial charge in [-0.1, -0.05) is 6.92 Å². The smallest absolute Gasteiger partial charge is 0.326 e. The summed E-state index contributed by atoms with van der Waals surface area (Å²) in [6.45, 7) is 6.53. The van der Waals surface area contributed by atoms with Crippen LogP contribution in [0, 0.1) is 0 Å². The zero-order chi connectivity index (χ0) is 9.90. The van der Waals surface area contributed by atoms with Crippen molar-refractivity contribution in [2.75, 3.05) is 6.61 Å². The van der Waals surface area contributed by atoms with Gasteiger partial charge in [0.2, 0.25) is 0 Å². The zero-order valence-corrected chi connectivity index (χ0v) is 8.72. The molecule has 1 aliphatic rings. The van der Waals surface area contributed by atoms with Crippen molar-refractivity contribution in [3.63, 3.8) is 0 Å². The molecule has 0 aromatic heterocycles. The molecule has 1 unspecified atom stereocenters. The summed E-state index contributed by atoms with van der Waals surface area (Å²) in [4.78, 5) is 11.5. The van der Waals surface area contributed by atoms with Gasteiger partial charge < -0.3 is 4.74 Å². The summed E-state index contributed by atoms with van der Waals surface area (Å²) >= 11 is 0. The molecule has 0 saturated heterocycles. The Kier molecular flexibility index (Phi) is 3.31. The van der Waals surface area contributed by atoms with Crippen LogP contribution in [0.1, 0.15) is 40.0 Å². The van der Waals surface area contributed by atoms with E-state index in [1.165, 1.54) is 0 Å². The Bertz CT molecular complexity index is 187. The fourth-order valence-electron chi connectivity index (χ4n) is 1.38. The summed E-state index contributed by atoms with van der Waals surface area (Å²) in [7, 11) is 0. The predicted molar refractivity (Wildman–Crippen MR) is 51.5 cm³/mol. The summed E-state index contributed by atoms with van der Waals surface area (Å²) in [5.41, 5.74) is -0.328. The highest BCUT2D eigenvalue weighted by Gasteiger charge is 2.51. The molecule has 0 aromatic carbocycles. The third kappa shape index (κ3) is 2.44. The molecule has 3 heteroatoms. The summed E-state index contributed by atoms with van der Waals surface area (Å²) in [6.07, 6.45) is 2.90. The summed E-state index contributed by atoms with van der Waals surface area (Å²) in [5, 5.41) is 3.33. The Labute approximate surface area is 79.8 Å². The van der Waals surface area contributed by atoms with Crippen LogP contribution >= 0.6 is 0 Å². The molecular formula is C10H19NO2. The third-order valence-corrected chi connectivity index (χ3v) is 2.55. The number of hydrogen-bond acceptors (Lipinski definition) is 3. The second-order valence-electron chi connectivity index (χ2n) is 3.76. The Morgan fingerprint density at radius 3 is 2.54 bits per heavy atom. The van der Waals surface area contributed by atoms with Crippen LogP contribution in [0.4, 0.5) is 0 Å². The first kappa shape index (κ1) is 10.5. The summed E-state index contributed by atoms with van der Waals surface area (Å²) in [6, 6.07) is 0.395. The van der Waals surface area contributed by atoms with E-state index in [9.17, 15) is 4.79 Å². The zero-order valence-electron chi connectivity index (χ0n) is 8.72. The quantitative estimate of drug-likeness (QED) is 0.659. The minimum atomic E-state index is -0.328. The van der Waals surface area contributed by atoms with E-state index in [2.05, 4.69) is 19.2 Å². The van der Waals surface area contributed by atoms with Crippen molar-refractivity contribution in [2.24, 2.45) is 0 Å². The summed E-state index contributed by atoms with van der Waals surface area (Å²) < 4.78 is 5.01. The SMILES string of the molecule is CCOC(=O)C1(NC(C)CC)CC1. The van der Waals surface area contributed by atoms with Crippen LogP contribution in [0.2, 0.25) is 0 Å². The Hall–Kier alpha value is -0.570. The molecule has 1 saturated carbocycles. The fraction of sp³-hybridized carbons (Fsp3) is 0.900. The largest absolute Gasteiger partial charge is 0.465 e. The molecule has 1 fully saturated rings. The number of nitrogens with one attached hydrogen (secondary N) is 1. The molecule has 0 aromatic rings. The molecule has 0 aliphatic heterocycles. The van der Waals surface area contributed by atoms with Gasteiger partial charge in [-0.05, 0) is 33.1 Å². The van der Waals surface area contributed by atoms with Gasteiger partial charge >= 0.3 is 5.97 Å². The Morgan fingerprint density at radius 1 is 1.54 bits per heavy atom. The lowest BCUT2D eigenvalue weighted by atomic mass is 10.2. The van der Waals surface area contributed by atoms with Gasteiger partial charge in [-0.25, -0.2) is 0 Å². The first-order valence-corrected chi connectivity index (χ1v) is 5.09. The Balaban J connectivity index is 2.42. The van der Waals surface area contributed by atoms with Crippen molar-refractivity contribution in [2.45, 2.75) is 51.6 Å². The molecule has 0 spiro atoms. The molecular weight excluding hydrogens is 166 g/mol. The van der Waals surface area contributed by atoms with Gasteiger partial charge in [-0.2, -0.15) is 0 Å². The van der Waals surface area contributed by atoms with E-state index in [-0.39, 0.29) is 11.5 Å². The number of ether oxygens (including phenoxy) is 1. The first-order valence-electron chi connectivity index (χ1n) is 5.09. The molecule has 1 aliphatic carbocycles. The van der Waals surface area contributed by atoms with E-state index in [0.29, 0.717) is 12.6 Å². The van der Waals surface area contributed by atoms with Gasteiger partial charge in [0.15, 0.2) is 0 Å². The highest BCUT2D eigenvalue weighted by molar-refractivity contribution is 5.84. The maximum atomic E-state index is 11.5. The van der Waals surface area contributed by atoms with Crippen LogP contribution in [0.3, 0.4) is 0 Å². The molecule has 0 bridgehead atoms. The van der Waals surface area contributed by atoms with Crippen molar-refractivity contribution in [1.29, 1.82) is 0 Å². The van der Waals surface area contributed by atoms with Gasteiger partial charge in [-0.15, -0.1) is 0 Å². The number of carbonyl (C=O) groups is 1. The van der Waals surface area contributed by atoms with Crippen LogP contribution < -0.4 is 5.32 Å². The molecule has 0 radical (unpaired) electrons. The molecule has 76 valence electrons. The van der Waals surface area contributed by atoms with Crippen LogP contribution in [0.15, 0.2) is 0 Å². The van der Waals surface area contributed by atoms with Crippen LogP contribution in [-0.4, -0.2) is 24.2 Å². The van der Waals surface area contributed by atoms with Gasteiger partial charge in [0.1, 0.15) is 5.54 Å². The monoisotopic (exact) mass is 185 g/mol. The van der Waals surface area contributed by atoms with E-state index in [1.54, 1.807) is 0 Å². The van der Waals surface area contributed by atoms with Gasteiger partial charge in [0.25, 0.3) is 0 Å². The third-order valence-electron chi connectivity index (χ3n) is 2.55. The van der Waals surface area contributed by atoms with Crippen molar-refractivity contribution in [3.05, 3.63) is 0 Å². The maximum Gasteiger partial charge on any atom is 0.326 e. The van der Waals surface area contributed by atoms with Crippen LogP contribution in [-0.2, 0) is 9.53 Å². The second kappa shape index (κ2) is 4.09. The molecule has 1 atom stereocenters. The predicted octanol–water partition coefficient (Wildman–Crippen LogP) is 1.47. The van der Waals surface area contributed by atoms with Gasteiger partial charge in [0.05, 0.1) is 6.61 Å². The van der Waals surface area contributed by atoms with E-state index in [4.69, 9.17) is 4.74 Å². The highest BCUT2D eigenvalue weighted by atomic mass is 16.5. The molecule has 13 heavy (non-hydrogen) atoms. The number of carbonyl (C=O) groups excluding carboxylic acids is 1. The topological polar surface area (TPSA) is 38.3 Å². The van der Waals surface area contributed by atoms with E-state index in [0.717, 1.165) is 19.3 Å². The minimum absolute atomic E-state index is 0.0738. The van der Waals surface area contributed by atoms with E-state index >= 15 is 0 Å². The maximum absolute atomic E-state index is 11.5. The molecule has 0 heterocycles. The molecule has 1 rings (SSSR count). The average Bonchev–Trinajstić information content (AvgIpc) is 2.86. The minimum Gasteiger partial charge on any atom is -0.465 e. The van der Waals surface area contributed by atoms with E-state index < -0.39 is 0 Å². The lowest BCUT2D eigenvalue weighted by Crippen LogP contribution is -2.45. The van der Waals surface area contributed by atoms with Crippen molar-refractivity contribution < 1.29 is 9.53 Å². The van der Waals surface area contributed by atoms with Crippen LogP contribution in [0.5, 0.6) is 0 Å². The van der Waals surface area contributed by atoms with Crippen molar-refractivity contribution in [3.8, 4) is 0 Å². The molecule has 1 N–H and O–H groups in total. The van der Waals surface area contributed by atoms with Gasteiger partial charge in [-0.3, -0.25) is 10.1 Å². The average molecular weight is 185 g/mol. The second-order valence-corrected chi connectivity index (χ2v) is 3.76. The normalized spacial score (nSPS) is 20.8. The molecule has 0 amide bonds. The Morgan fingerprint density at radius 2 is 2.15 bits per heavy atom. The highest BCUT2D eigenvalue weighted by Crippen LogP contribution is 2.37. The van der Waals surface area contributed by atoms with Crippen LogP contribution in [0.25, 0.3) is 0 Å². The number of hydrogen-bond donors (Lipinski definition) is 1. The lowest BCUT2D eigenvalue weighted by molar-refractivity contribution is -0.147. The lowest BCUT2D eigenvalue weighted by Gasteiger charge is -2.20. The number of rotatable bonds is 5. The standard InChI is InChI=1S/C10H19NO2/c1-4-8(3)11-10(6-7-10)9(12)13-5-2/h8,11H,4-7H2,1-3H3.